The van der Waals surface area contributed by atoms with E-state index in [4.69, 9.17) is 0 Å². The number of nitrogens with zero attached hydrogens (tertiary/aromatic N) is 1. The molecule has 1 N–H and O–H groups in total. The van der Waals surface area contributed by atoms with E-state index < -0.39 is 0 Å². The zero-order valence-corrected chi connectivity index (χ0v) is 14.5. The fraction of sp³-hybridized carbons (Fsp3) is 1.00. The van der Waals surface area contributed by atoms with Gasteiger partial charge in [-0.15, -0.1) is 0 Å². The van der Waals surface area contributed by atoms with Gasteiger partial charge in [0, 0.05) is 18.6 Å². The molecule has 0 bridgehead atoms. The molecule has 1 aliphatic heterocycles. The highest BCUT2D eigenvalue weighted by atomic mass is 15.2. The number of nitrogens with one attached hydrogen (secondary N) is 1. The summed E-state index contributed by atoms with van der Waals surface area (Å²) >= 11 is 0. The minimum absolute atomic E-state index is 0.744. The third kappa shape index (κ3) is 3.47. The Kier molecular flexibility index (Phi) is 5.27. The first-order valence-corrected chi connectivity index (χ1v) is 9.60. The maximum Gasteiger partial charge on any atom is 0.0124 e. The van der Waals surface area contributed by atoms with Crippen LogP contribution in [-0.4, -0.2) is 37.1 Å². The van der Waals surface area contributed by atoms with Crippen molar-refractivity contribution in [3.63, 3.8) is 0 Å². The van der Waals surface area contributed by atoms with Crippen molar-refractivity contribution in [3.8, 4) is 0 Å². The first kappa shape index (κ1) is 15.8. The smallest absolute Gasteiger partial charge is 0.0124 e. The molecule has 2 heteroatoms. The van der Waals surface area contributed by atoms with Crippen molar-refractivity contribution in [2.45, 2.75) is 77.3 Å². The van der Waals surface area contributed by atoms with Crippen molar-refractivity contribution in [2.24, 2.45) is 23.7 Å². The lowest BCUT2D eigenvalue weighted by Gasteiger charge is -2.43. The molecule has 5 unspecified atom stereocenters. The molecular weight excluding hydrogens is 256 g/mol. The van der Waals surface area contributed by atoms with Gasteiger partial charge < -0.3 is 5.32 Å². The third-order valence-corrected chi connectivity index (χ3v) is 6.85. The number of rotatable bonds is 4. The molecule has 0 aromatic carbocycles. The summed E-state index contributed by atoms with van der Waals surface area (Å²) < 4.78 is 0. The van der Waals surface area contributed by atoms with Gasteiger partial charge in [0.25, 0.3) is 0 Å². The molecule has 3 fully saturated rings. The summed E-state index contributed by atoms with van der Waals surface area (Å²) in [4.78, 5) is 2.90. The number of hydrogen-bond acceptors (Lipinski definition) is 2. The Bertz CT molecular complexity index is 324. The van der Waals surface area contributed by atoms with E-state index in [-0.39, 0.29) is 0 Å². The summed E-state index contributed by atoms with van der Waals surface area (Å²) in [6, 6.07) is 1.67. The quantitative estimate of drug-likeness (QED) is 0.845. The Morgan fingerprint density at radius 1 is 1.00 bits per heavy atom. The molecule has 1 heterocycles. The minimum atomic E-state index is 0.744. The van der Waals surface area contributed by atoms with Crippen LogP contribution in [0.4, 0.5) is 0 Å². The molecule has 3 rings (SSSR count). The van der Waals surface area contributed by atoms with Gasteiger partial charge in [-0.05, 0) is 75.8 Å². The second-order valence-corrected chi connectivity index (χ2v) is 8.36. The SMILES string of the molecule is CNC1CC(C)CC(C)C1CN1CCCC1C1CCCC1. The second kappa shape index (κ2) is 7.00. The van der Waals surface area contributed by atoms with Crippen molar-refractivity contribution in [1.29, 1.82) is 0 Å². The lowest BCUT2D eigenvalue weighted by molar-refractivity contribution is 0.0848. The van der Waals surface area contributed by atoms with Gasteiger partial charge in [0.2, 0.25) is 0 Å². The van der Waals surface area contributed by atoms with Gasteiger partial charge in [0.05, 0.1) is 0 Å². The lowest BCUT2D eigenvalue weighted by atomic mass is 9.72. The molecule has 5 atom stereocenters. The van der Waals surface area contributed by atoms with Crippen molar-refractivity contribution in [2.75, 3.05) is 20.1 Å². The molecule has 122 valence electrons. The van der Waals surface area contributed by atoms with E-state index in [0.29, 0.717) is 0 Å². The molecule has 2 aliphatic carbocycles. The maximum atomic E-state index is 3.65. The fourth-order valence-corrected chi connectivity index (χ4v) is 5.78. The van der Waals surface area contributed by atoms with Crippen LogP contribution < -0.4 is 5.32 Å². The monoisotopic (exact) mass is 292 g/mol. The highest BCUT2D eigenvalue weighted by Crippen LogP contribution is 2.39. The zero-order valence-electron chi connectivity index (χ0n) is 14.5. The molecular formula is C19H36N2. The molecule has 0 spiro atoms. The molecule has 0 aromatic heterocycles. The van der Waals surface area contributed by atoms with Gasteiger partial charge in [0.1, 0.15) is 0 Å². The van der Waals surface area contributed by atoms with Crippen molar-refractivity contribution < 1.29 is 0 Å². The van der Waals surface area contributed by atoms with Crippen LogP contribution >= 0.6 is 0 Å². The highest BCUT2D eigenvalue weighted by molar-refractivity contribution is 4.93. The third-order valence-electron chi connectivity index (χ3n) is 6.85. The normalized spacial score (nSPS) is 42.7. The predicted octanol–water partition coefficient (Wildman–Crippen LogP) is 3.91. The number of likely N-dealkylation sites (tertiary alicyclic amines) is 1. The van der Waals surface area contributed by atoms with Crippen LogP contribution in [0.25, 0.3) is 0 Å². The average Bonchev–Trinajstić information content (AvgIpc) is 3.11. The molecule has 0 aromatic rings. The van der Waals surface area contributed by atoms with Gasteiger partial charge in [0.15, 0.2) is 0 Å². The van der Waals surface area contributed by atoms with E-state index in [1.165, 1.54) is 64.5 Å². The Balaban J connectivity index is 1.63. The van der Waals surface area contributed by atoms with Crippen LogP contribution in [0.3, 0.4) is 0 Å². The van der Waals surface area contributed by atoms with Crippen LogP contribution in [0.5, 0.6) is 0 Å². The predicted molar refractivity (Wildman–Crippen MR) is 90.5 cm³/mol. The molecule has 0 amide bonds. The van der Waals surface area contributed by atoms with Gasteiger partial charge >= 0.3 is 0 Å². The molecule has 21 heavy (non-hydrogen) atoms. The fourth-order valence-electron chi connectivity index (χ4n) is 5.78. The van der Waals surface area contributed by atoms with Crippen molar-refractivity contribution in [3.05, 3.63) is 0 Å². The van der Waals surface area contributed by atoms with E-state index in [1.807, 2.05) is 0 Å². The molecule has 2 saturated carbocycles. The standard InChI is InChI=1S/C19H36N2/c1-14-11-15(2)17(18(12-14)20-3)13-21-10-6-9-19(21)16-7-4-5-8-16/h14-20H,4-13H2,1-3H3. The Morgan fingerprint density at radius 2 is 1.76 bits per heavy atom. The van der Waals surface area contributed by atoms with Crippen LogP contribution in [0.15, 0.2) is 0 Å². The topological polar surface area (TPSA) is 15.3 Å². The van der Waals surface area contributed by atoms with Crippen molar-refractivity contribution in [1.82, 2.24) is 10.2 Å². The molecule has 0 radical (unpaired) electrons. The lowest BCUT2D eigenvalue weighted by Crippen LogP contribution is -2.49. The summed E-state index contributed by atoms with van der Waals surface area (Å²) in [6.07, 6.45) is 11.7. The van der Waals surface area contributed by atoms with Gasteiger partial charge in [-0.3, -0.25) is 4.90 Å². The summed E-state index contributed by atoms with van der Waals surface area (Å²) in [6.45, 7) is 7.68. The summed E-state index contributed by atoms with van der Waals surface area (Å²) in [5.41, 5.74) is 0. The molecule has 2 nitrogen and oxygen atoms in total. The van der Waals surface area contributed by atoms with E-state index in [1.54, 1.807) is 0 Å². The van der Waals surface area contributed by atoms with E-state index in [0.717, 1.165) is 35.8 Å². The van der Waals surface area contributed by atoms with Gasteiger partial charge in [-0.2, -0.15) is 0 Å². The maximum absolute atomic E-state index is 3.65. The summed E-state index contributed by atoms with van der Waals surface area (Å²) in [5.74, 6) is 3.68. The largest absolute Gasteiger partial charge is 0.317 e. The Labute approximate surface area is 132 Å². The van der Waals surface area contributed by atoms with Crippen molar-refractivity contribution >= 4 is 0 Å². The minimum Gasteiger partial charge on any atom is -0.317 e. The van der Waals surface area contributed by atoms with Crippen LogP contribution in [-0.2, 0) is 0 Å². The van der Waals surface area contributed by atoms with Crippen LogP contribution in [0, 0.1) is 23.7 Å². The highest BCUT2D eigenvalue weighted by Gasteiger charge is 2.38. The first-order valence-electron chi connectivity index (χ1n) is 9.60. The van der Waals surface area contributed by atoms with Gasteiger partial charge in [-0.25, -0.2) is 0 Å². The van der Waals surface area contributed by atoms with Crippen LogP contribution in [0.1, 0.15) is 65.2 Å². The molecule has 1 saturated heterocycles. The van der Waals surface area contributed by atoms with E-state index in [2.05, 4.69) is 31.1 Å². The Hall–Kier alpha value is -0.0800. The van der Waals surface area contributed by atoms with Crippen LogP contribution in [0.2, 0.25) is 0 Å². The second-order valence-electron chi connectivity index (χ2n) is 8.36. The van der Waals surface area contributed by atoms with E-state index >= 15 is 0 Å². The van der Waals surface area contributed by atoms with Gasteiger partial charge in [-0.1, -0.05) is 26.7 Å². The molecule has 3 aliphatic rings. The van der Waals surface area contributed by atoms with E-state index in [9.17, 15) is 0 Å². The zero-order chi connectivity index (χ0) is 14.8. The first-order chi connectivity index (χ1) is 10.2. The number of hydrogen-bond donors (Lipinski definition) is 1. The average molecular weight is 293 g/mol. The summed E-state index contributed by atoms with van der Waals surface area (Å²) in [5, 5.41) is 3.65. The summed E-state index contributed by atoms with van der Waals surface area (Å²) in [7, 11) is 2.18. The Morgan fingerprint density at radius 3 is 2.48 bits per heavy atom.